The first-order valence-corrected chi connectivity index (χ1v) is 4.24. The average molecular weight is 204 g/mol. The summed E-state index contributed by atoms with van der Waals surface area (Å²) >= 11 is 6.70. The summed E-state index contributed by atoms with van der Waals surface area (Å²) < 4.78 is 13.6. The Balaban J connectivity index is 2.88. The van der Waals surface area contributed by atoms with Gasteiger partial charge in [0.25, 0.3) is 0 Å². The van der Waals surface area contributed by atoms with Gasteiger partial charge in [-0.3, -0.25) is 0 Å². The van der Waals surface area contributed by atoms with Crippen LogP contribution >= 0.6 is 22.9 Å². The fourth-order valence-corrected chi connectivity index (χ4v) is 1.89. The van der Waals surface area contributed by atoms with Gasteiger partial charge in [-0.15, -0.1) is 0 Å². The largest absolute Gasteiger partial charge is 0.375 e. The zero-order chi connectivity index (χ0) is 8.72. The van der Waals surface area contributed by atoms with Crippen molar-refractivity contribution in [3.8, 4) is 0 Å². The zero-order valence-electron chi connectivity index (χ0n) is 5.71. The molecule has 12 heavy (non-hydrogen) atoms. The summed E-state index contributed by atoms with van der Waals surface area (Å²) in [7, 11) is 0. The van der Waals surface area contributed by atoms with Crippen LogP contribution in [-0.4, -0.2) is 9.97 Å². The number of nitrogens with two attached hydrogens (primary N) is 1. The van der Waals surface area contributed by atoms with Gasteiger partial charge >= 0.3 is 0 Å². The van der Waals surface area contributed by atoms with E-state index in [0.717, 1.165) is 0 Å². The number of fused-ring (bicyclic) bond motifs is 1. The Morgan fingerprint density at radius 1 is 1.50 bits per heavy atom. The first kappa shape index (κ1) is 7.70. The van der Waals surface area contributed by atoms with Gasteiger partial charge in [-0.1, -0.05) is 22.9 Å². The molecule has 2 N–H and O–H groups in total. The van der Waals surface area contributed by atoms with Gasteiger partial charge in [0.1, 0.15) is 10.7 Å². The second kappa shape index (κ2) is 2.53. The van der Waals surface area contributed by atoms with E-state index in [0.29, 0.717) is 9.83 Å². The Hall–Kier alpha value is -0.940. The Morgan fingerprint density at radius 2 is 2.25 bits per heavy atom. The van der Waals surface area contributed by atoms with Crippen LogP contribution in [0.3, 0.4) is 0 Å². The molecule has 0 radical (unpaired) electrons. The van der Waals surface area contributed by atoms with E-state index < -0.39 is 5.95 Å². The maximum atomic E-state index is 13.0. The highest BCUT2D eigenvalue weighted by molar-refractivity contribution is 7.22. The molecule has 0 unspecified atom stereocenters. The maximum Gasteiger partial charge on any atom is 0.241 e. The second-order valence-electron chi connectivity index (χ2n) is 2.13. The molecule has 6 heteroatoms. The normalized spacial score (nSPS) is 10.8. The van der Waals surface area contributed by atoms with Crippen molar-refractivity contribution in [2.24, 2.45) is 0 Å². The molecule has 0 aliphatic carbocycles. The fourth-order valence-electron chi connectivity index (χ4n) is 0.882. The minimum Gasteiger partial charge on any atom is -0.375 e. The number of halogens is 2. The molecule has 62 valence electrons. The molecule has 0 aliphatic heterocycles. The number of rotatable bonds is 0. The van der Waals surface area contributed by atoms with Gasteiger partial charge in [-0.05, 0) is 6.07 Å². The van der Waals surface area contributed by atoms with Crippen LogP contribution in [0.15, 0.2) is 6.07 Å². The van der Waals surface area contributed by atoms with Gasteiger partial charge in [0.2, 0.25) is 5.95 Å². The second-order valence-corrected chi connectivity index (χ2v) is 3.58. The summed E-state index contributed by atoms with van der Waals surface area (Å²) in [6.07, 6.45) is 0. The third-order valence-corrected chi connectivity index (χ3v) is 2.35. The lowest BCUT2D eigenvalue weighted by Gasteiger charge is -1.89. The lowest BCUT2D eigenvalue weighted by molar-refractivity contribution is 0.594. The molecular weight excluding hydrogens is 201 g/mol. The van der Waals surface area contributed by atoms with Crippen molar-refractivity contribution < 1.29 is 4.39 Å². The average Bonchev–Trinajstić information content (AvgIpc) is 2.29. The SMILES string of the molecule is Nc1nc2c(F)nc(Cl)cc2s1. The Labute approximate surface area is 76.0 Å². The van der Waals surface area contributed by atoms with Crippen LogP contribution in [0.4, 0.5) is 9.52 Å². The van der Waals surface area contributed by atoms with Crippen molar-refractivity contribution >= 4 is 38.3 Å². The molecule has 2 rings (SSSR count). The summed E-state index contributed by atoms with van der Waals surface area (Å²) in [5, 5.41) is 0.427. The van der Waals surface area contributed by atoms with Gasteiger partial charge in [0.05, 0.1) is 4.70 Å². The van der Waals surface area contributed by atoms with E-state index >= 15 is 0 Å². The molecule has 2 heterocycles. The molecule has 0 spiro atoms. The van der Waals surface area contributed by atoms with Gasteiger partial charge in [-0.25, -0.2) is 9.97 Å². The van der Waals surface area contributed by atoms with E-state index in [9.17, 15) is 4.39 Å². The van der Waals surface area contributed by atoms with Crippen molar-refractivity contribution in [3.63, 3.8) is 0 Å². The Bertz CT molecular complexity index is 442. The minimum absolute atomic E-state index is 0.114. The summed E-state index contributed by atoms with van der Waals surface area (Å²) in [5.41, 5.74) is 5.56. The molecule has 0 fully saturated rings. The third-order valence-electron chi connectivity index (χ3n) is 1.32. The molecule has 3 nitrogen and oxygen atoms in total. The van der Waals surface area contributed by atoms with E-state index in [-0.39, 0.29) is 10.7 Å². The van der Waals surface area contributed by atoms with E-state index in [2.05, 4.69) is 9.97 Å². The molecule has 0 atom stereocenters. The highest BCUT2D eigenvalue weighted by Crippen LogP contribution is 2.26. The highest BCUT2D eigenvalue weighted by Gasteiger charge is 2.08. The monoisotopic (exact) mass is 203 g/mol. The summed E-state index contributed by atoms with van der Waals surface area (Å²) in [5.74, 6) is -0.676. The number of anilines is 1. The molecule has 2 aromatic rings. The van der Waals surface area contributed by atoms with Crippen molar-refractivity contribution in [1.82, 2.24) is 9.97 Å². The number of aromatic nitrogens is 2. The van der Waals surface area contributed by atoms with Crippen molar-refractivity contribution in [2.45, 2.75) is 0 Å². The van der Waals surface area contributed by atoms with E-state index in [1.165, 1.54) is 17.4 Å². The molecule has 0 amide bonds. The van der Waals surface area contributed by atoms with E-state index in [1.54, 1.807) is 0 Å². The predicted molar refractivity (Wildman–Crippen MR) is 46.8 cm³/mol. The highest BCUT2D eigenvalue weighted by atomic mass is 35.5. The minimum atomic E-state index is -0.676. The lowest BCUT2D eigenvalue weighted by Crippen LogP contribution is -1.85. The Kier molecular flexibility index (Phi) is 1.62. The Morgan fingerprint density at radius 3 is 3.00 bits per heavy atom. The van der Waals surface area contributed by atoms with Crippen LogP contribution in [0.2, 0.25) is 5.15 Å². The van der Waals surface area contributed by atoms with Crippen molar-refractivity contribution in [3.05, 3.63) is 17.2 Å². The number of thiazole rings is 1. The quantitative estimate of drug-likeness (QED) is 0.667. The van der Waals surface area contributed by atoms with Crippen LogP contribution in [0.25, 0.3) is 10.2 Å². The van der Waals surface area contributed by atoms with Crippen molar-refractivity contribution in [2.75, 3.05) is 5.73 Å². The molecule has 0 aliphatic rings. The summed E-state index contributed by atoms with van der Waals surface area (Å²) in [6, 6.07) is 1.54. The number of nitrogens with zero attached hydrogens (tertiary/aromatic N) is 2. The smallest absolute Gasteiger partial charge is 0.241 e. The van der Waals surface area contributed by atoms with Gasteiger partial charge in [-0.2, -0.15) is 4.39 Å². The van der Waals surface area contributed by atoms with Gasteiger partial charge in [0, 0.05) is 0 Å². The summed E-state index contributed by atoms with van der Waals surface area (Å²) in [4.78, 5) is 7.16. The van der Waals surface area contributed by atoms with Crippen LogP contribution < -0.4 is 5.73 Å². The molecule has 0 saturated heterocycles. The van der Waals surface area contributed by atoms with Gasteiger partial charge < -0.3 is 5.73 Å². The first-order valence-electron chi connectivity index (χ1n) is 3.05. The van der Waals surface area contributed by atoms with Crippen LogP contribution in [-0.2, 0) is 0 Å². The fraction of sp³-hybridized carbons (Fsp3) is 0. The van der Waals surface area contributed by atoms with Crippen LogP contribution in [0, 0.1) is 5.95 Å². The van der Waals surface area contributed by atoms with Crippen LogP contribution in [0.1, 0.15) is 0 Å². The molecule has 2 aromatic heterocycles. The first-order chi connectivity index (χ1) is 5.66. The summed E-state index contributed by atoms with van der Waals surface area (Å²) in [6.45, 7) is 0. The van der Waals surface area contributed by atoms with Crippen LogP contribution in [0.5, 0.6) is 0 Å². The van der Waals surface area contributed by atoms with E-state index in [1.807, 2.05) is 0 Å². The van der Waals surface area contributed by atoms with Gasteiger partial charge in [0.15, 0.2) is 5.13 Å². The molecular formula is C6H3ClFN3S. The standard InChI is InChI=1S/C6H3ClFN3S/c7-3-1-2-4(5(8)10-3)11-6(9)12-2/h1H,(H2,9,11). The number of pyridine rings is 1. The number of hydrogen-bond donors (Lipinski definition) is 1. The lowest BCUT2D eigenvalue weighted by atomic mass is 10.4. The number of hydrogen-bond acceptors (Lipinski definition) is 4. The zero-order valence-corrected chi connectivity index (χ0v) is 7.29. The molecule has 0 bridgehead atoms. The number of nitrogen functional groups attached to an aromatic ring is 1. The molecule has 0 aromatic carbocycles. The third kappa shape index (κ3) is 1.11. The molecule has 0 saturated carbocycles. The van der Waals surface area contributed by atoms with Crippen molar-refractivity contribution in [1.29, 1.82) is 0 Å². The van der Waals surface area contributed by atoms with E-state index in [4.69, 9.17) is 17.3 Å². The predicted octanol–water partition coefficient (Wildman–Crippen LogP) is 2.07. The topological polar surface area (TPSA) is 51.8 Å². The maximum absolute atomic E-state index is 13.0.